The topological polar surface area (TPSA) is 59.6 Å². The first kappa shape index (κ1) is 18.7. The zero-order valence-corrected chi connectivity index (χ0v) is 15.5. The number of benzene rings is 2. The number of amides is 1. The third-order valence-electron chi connectivity index (χ3n) is 4.40. The molecule has 2 N–H and O–H groups in total. The second kappa shape index (κ2) is 9.03. The van der Waals surface area contributed by atoms with E-state index in [4.69, 9.17) is 21.1 Å². The van der Waals surface area contributed by atoms with Crippen molar-refractivity contribution in [2.24, 2.45) is 0 Å². The Balaban J connectivity index is 1.80. The van der Waals surface area contributed by atoms with Crippen molar-refractivity contribution in [3.05, 3.63) is 64.7 Å². The van der Waals surface area contributed by atoms with Gasteiger partial charge in [-0.05, 0) is 29.3 Å². The molecule has 2 unspecified atom stereocenters. The highest BCUT2D eigenvalue weighted by Gasteiger charge is 2.22. The lowest BCUT2D eigenvalue weighted by Crippen LogP contribution is -2.44. The molecule has 1 aliphatic rings. The smallest absolute Gasteiger partial charge is 0.222 e. The number of carbonyl (C=O) groups excluding carboxylic acids is 1. The Morgan fingerprint density at radius 3 is 2.73 bits per heavy atom. The van der Waals surface area contributed by atoms with Crippen LogP contribution >= 0.6 is 11.6 Å². The van der Waals surface area contributed by atoms with Crippen LogP contribution in [0.1, 0.15) is 23.6 Å². The van der Waals surface area contributed by atoms with Crippen LogP contribution in [-0.4, -0.2) is 38.8 Å². The summed E-state index contributed by atoms with van der Waals surface area (Å²) in [6.45, 7) is 2.00. The molecule has 26 heavy (non-hydrogen) atoms. The van der Waals surface area contributed by atoms with Crippen LogP contribution in [0.15, 0.2) is 48.5 Å². The number of hydrogen-bond donors (Lipinski definition) is 2. The first-order valence-electron chi connectivity index (χ1n) is 8.66. The fraction of sp³-hybridized carbons (Fsp3) is 0.350. The first-order chi connectivity index (χ1) is 12.7. The SMILES string of the molecule is COc1ccc(C(NC(=O)CC2COCCN2)c2ccccc2Cl)cc1. The van der Waals surface area contributed by atoms with Gasteiger partial charge in [0, 0.05) is 24.0 Å². The molecule has 0 spiro atoms. The van der Waals surface area contributed by atoms with Crippen LogP contribution in [0.25, 0.3) is 0 Å². The van der Waals surface area contributed by atoms with Gasteiger partial charge in [0.1, 0.15) is 5.75 Å². The standard InChI is InChI=1S/C20H23ClN2O3/c1-25-16-8-6-14(7-9-16)20(17-4-2-3-5-18(17)21)23-19(24)12-15-13-26-11-10-22-15/h2-9,15,20,22H,10-13H2,1H3,(H,23,24). The zero-order chi connectivity index (χ0) is 18.4. The third kappa shape index (κ3) is 4.75. The van der Waals surface area contributed by atoms with Crippen molar-refractivity contribution in [3.8, 4) is 5.75 Å². The van der Waals surface area contributed by atoms with Gasteiger partial charge in [-0.15, -0.1) is 0 Å². The van der Waals surface area contributed by atoms with Crippen molar-refractivity contribution in [2.75, 3.05) is 26.9 Å². The number of methoxy groups -OCH3 is 1. The molecule has 0 radical (unpaired) electrons. The number of ether oxygens (including phenoxy) is 2. The average Bonchev–Trinajstić information content (AvgIpc) is 2.68. The van der Waals surface area contributed by atoms with E-state index in [2.05, 4.69) is 10.6 Å². The van der Waals surface area contributed by atoms with E-state index in [9.17, 15) is 4.79 Å². The Morgan fingerprint density at radius 2 is 2.08 bits per heavy atom. The minimum absolute atomic E-state index is 0.0338. The van der Waals surface area contributed by atoms with Gasteiger partial charge in [0.25, 0.3) is 0 Å². The number of hydrogen-bond acceptors (Lipinski definition) is 4. The predicted octanol–water partition coefficient (Wildman–Crippen LogP) is 2.93. The highest BCUT2D eigenvalue weighted by molar-refractivity contribution is 6.31. The lowest BCUT2D eigenvalue weighted by Gasteiger charge is -2.25. The predicted molar refractivity (Wildman–Crippen MR) is 102 cm³/mol. The van der Waals surface area contributed by atoms with Crippen molar-refractivity contribution in [1.82, 2.24) is 10.6 Å². The Morgan fingerprint density at radius 1 is 1.31 bits per heavy atom. The summed E-state index contributed by atoms with van der Waals surface area (Å²) in [5.41, 5.74) is 1.81. The summed E-state index contributed by atoms with van der Waals surface area (Å²) in [5.74, 6) is 0.718. The van der Waals surface area contributed by atoms with Crippen LogP contribution < -0.4 is 15.4 Å². The van der Waals surface area contributed by atoms with Gasteiger partial charge in [0.15, 0.2) is 0 Å². The number of halogens is 1. The van der Waals surface area contributed by atoms with Crippen molar-refractivity contribution in [2.45, 2.75) is 18.5 Å². The molecule has 0 saturated carbocycles. The largest absolute Gasteiger partial charge is 0.497 e. The molecule has 1 saturated heterocycles. The molecule has 1 fully saturated rings. The van der Waals surface area contributed by atoms with E-state index in [0.29, 0.717) is 24.7 Å². The summed E-state index contributed by atoms with van der Waals surface area (Å²) in [6.07, 6.45) is 0.358. The number of nitrogens with one attached hydrogen (secondary N) is 2. The lowest BCUT2D eigenvalue weighted by molar-refractivity contribution is -0.122. The molecule has 0 bridgehead atoms. The fourth-order valence-electron chi connectivity index (χ4n) is 3.04. The first-order valence-corrected chi connectivity index (χ1v) is 9.04. The van der Waals surface area contributed by atoms with Crippen molar-refractivity contribution in [1.29, 1.82) is 0 Å². The molecular weight excluding hydrogens is 352 g/mol. The summed E-state index contributed by atoms with van der Waals surface area (Å²) in [4.78, 5) is 12.6. The monoisotopic (exact) mass is 374 g/mol. The Labute approximate surface area is 158 Å². The fourth-order valence-corrected chi connectivity index (χ4v) is 3.29. The van der Waals surface area contributed by atoms with E-state index in [1.807, 2.05) is 48.5 Å². The van der Waals surface area contributed by atoms with Crippen LogP contribution in [-0.2, 0) is 9.53 Å². The van der Waals surface area contributed by atoms with Gasteiger partial charge in [-0.1, -0.05) is 41.9 Å². The Bertz CT molecular complexity index is 730. The molecule has 1 aliphatic heterocycles. The molecule has 1 heterocycles. The van der Waals surface area contributed by atoms with Gasteiger partial charge in [-0.25, -0.2) is 0 Å². The van der Waals surface area contributed by atoms with Crippen LogP contribution in [0.5, 0.6) is 5.75 Å². The van der Waals surface area contributed by atoms with Gasteiger partial charge >= 0.3 is 0 Å². The average molecular weight is 375 g/mol. The van der Waals surface area contributed by atoms with E-state index in [1.54, 1.807) is 7.11 Å². The summed E-state index contributed by atoms with van der Waals surface area (Å²) in [5, 5.41) is 7.03. The van der Waals surface area contributed by atoms with E-state index < -0.39 is 0 Å². The summed E-state index contributed by atoms with van der Waals surface area (Å²) >= 11 is 6.39. The maximum Gasteiger partial charge on any atom is 0.222 e. The minimum Gasteiger partial charge on any atom is -0.497 e. The van der Waals surface area contributed by atoms with Crippen LogP contribution in [0.4, 0.5) is 0 Å². The molecule has 138 valence electrons. The van der Waals surface area contributed by atoms with E-state index in [-0.39, 0.29) is 18.0 Å². The van der Waals surface area contributed by atoms with Crippen LogP contribution in [0.2, 0.25) is 5.02 Å². The molecule has 0 aromatic heterocycles. The molecule has 6 heteroatoms. The summed E-state index contributed by atoms with van der Waals surface area (Å²) in [7, 11) is 1.63. The van der Waals surface area contributed by atoms with Gasteiger partial charge < -0.3 is 20.1 Å². The zero-order valence-electron chi connectivity index (χ0n) is 14.7. The Hall–Kier alpha value is -2.08. The highest BCUT2D eigenvalue weighted by atomic mass is 35.5. The van der Waals surface area contributed by atoms with Gasteiger partial charge in [-0.3, -0.25) is 4.79 Å². The molecule has 2 aromatic carbocycles. The molecule has 2 aromatic rings. The molecule has 2 atom stereocenters. The van der Waals surface area contributed by atoms with Crippen LogP contribution in [0, 0.1) is 0 Å². The van der Waals surface area contributed by atoms with Crippen molar-refractivity contribution < 1.29 is 14.3 Å². The quantitative estimate of drug-likeness (QED) is 0.816. The van der Waals surface area contributed by atoms with Crippen LogP contribution in [0.3, 0.4) is 0 Å². The summed E-state index contributed by atoms with van der Waals surface area (Å²) in [6, 6.07) is 14.9. The second-order valence-electron chi connectivity index (χ2n) is 6.23. The number of morpholine rings is 1. The minimum atomic E-state index is -0.327. The molecule has 3 rings (SSSR count). The normalized spacial score (nSPS) is 18.2. The van der Waals surface area contributed by atoms with Crippen molar-refractivity contribution >= 4 is 17.5 Å². The number of rotatable bonds is 6. The van der Waals surface area contributed by atoms with E-state index in [0.717, 1.165) is 23.4 Å². The number of carbonyl (C=O) groups is 1. The molecule has 1 amide bonds. The maximum atomic E-state index is 12.6. The van der Waals surface area contributed by atoms with Gasteiger partial charge in [0.2, 0.25) is 5.91 Å². The maximum absolute atomic E-state index is 12.6. The van der Waals surface area contributed by atoms with E-state index in [1.165, 1.54) is 0 Å². The highest BCUT2D eigenvalue weighted by Crippen LogP contribution is 2.29. The molecule has 0 aliphatic carbocycles. The van der Waals surface area contributed by atoms with Gasteiger partial charge in [-0.2, -0.15) is 0 Å². The van der Waals surface area contributed by atoms with E-state index >= 15 is 0 Å². The summed E-state index contributed by atoms with van der Waals surface area (Å²) < 4.78 is 10.6. The van der Waals surface area contributed by atoms with Gasteiger partial charge in [0.05, 0.1) is 26.4 Å². The second-order valence-corrected chi connectivity index (χ2v) is 6.63. The Kier molecular flexibility index (Phi) is 6.50. The molecule has 5 nitrogen and oxygen atoms in total. The molecular formula is C20H23ClN2O3. The third-order valence-corrected chi connectivity index (χ3v) is 4.75. The van der Waals surface area contributed by atoms with Crippen molar-refractivity contribution in [3.63, 3.8) is 0 Å². The lowest BCUT2D eigenvalue weighted by atomic mass is 9.98.